The molecule has 18 heavy (non-hydrogen) atoms. The summed E-state index contributed by atoms with van der Waals surface area (Å²) < 4.78 is 0. The first-order valence-electron chi connectivity index (χ1n) is 6.11. The van der Waals surface area contributed by atoms with Crippen LogP contribution >= 0.6 is 23.5 Å². The van der Waals surface area contributed by atoms with E-state index in [0.29, 0.717) is 6.54 Å². The minimum atomic E-state index is -0.307. The van der Waals surface area contributed by atoms with Crippen LogP contribution in [0.1, 0.15) is 13.8 Å². The topological polar surface area (TPSA) is 64.1 Å². The molecule has 0 fully saturated rings. The minimum absolute atomic E-state index is 0.156. The predicted octanol–water partition coefficient (Wildman–Crippen LogP) is 2.33. The Bertz CT molecular complexity index is 390. The lowest BCUT2D eigenvalue weighted by molar-refractivity contribution is 0.430. The van der Waals surface area contributed by atoms with E-state index in [1.165, 1.54) is 10.6 Å². The number of nitrogens with one attached hydrogen (secondary N) is 1. The highest BCUT2D eigenvalue weighted by Gasteiger charge is 2.47. The van der Waals surface area contributed by atoms with Gasteiger partial charge in [0.2, 0.25) is 0 Å². The van der Waals surface area contributed by atoms with E-state index in [9.17, 15) is 0 Å². The summed E-state index contributed by atoms with van der Waals surface area (Å²) in [6.07, 6.45) is 0. The number of benzene rings is 1. The third-order valence-corrected chi connectivity index (χ3v) is 6.16. The minimum Gasteiger partial charge on any atom is -0.367 e. The largest absolute Gasteiger partial charge is 0.367 e. The zero-order valence-corrected chi connectivity index (χ0v) is 12.5. The van der Waals surface area contributed by atoms with Crippen LogP contribution in [0.4, 0.5) is 5.69 Å². The second kappa shape index (κ2) is 5.33. The highest BCUT2D eigenvalue weighted by Crippen LogP contribution is 2.50. The standard InChI is InChI=1S/C13H21N3S2/c1-12(2,15)13(9-17-8-7-14)16-10-5-3-4-6-11(10)18-13/h3-6,16H,7-9,14-15H2,1-2H3. The molecule has 0 saturated carbocycles. The first-order chi connectivity index (χ1) is 8.48. The van der Waals surface area contributed by atoms with Crippen molar-refractivity contribution < 1.29 is 0 Å². The lowest BCUT2D eigenvalue weighted by Crippen LogP contribution is -2.59. The molecule has 0 aliphatic carbocycles. The Morgan fingerprint density at radius 2 is 2.11 bits per heavy atom. The summed E-state index contributed by atoms with van der Waals surface area (Å²) >= 11 is 3.70. The van der Waals surface area contributed by atoms with Crippen LogP contribution in [0.2, 0.25) is 0 Å². The molecule has 1 aliphatic heterocycles. The number of nitrogens with two attached hydrogens (primary N) is 2. The molecule has 0 spiro atoms. The smallest absolute Gasteiger partial charge is 0.115 e. The SMILES string of the molecule is CC(C)(N)C1(CSCCN)Nc2ccccc2S1. The Kier molecular flexibility index (Phi) is 4.16. The fourth-order valence-corrected chi connectivity index (χ4v) is 4.64. The van der Waals surface area contributed by atoms with Gasteiger partial charge in [0.05, 0.1) is 0 Å². The molecule has 1 unspecified atom stereocenters. The first kappa shape index (κ1) is 14.1. The Labute approximate surface area is 117 Å². The first-order valence-corrected chi connectivity index (χ1v) is 8.08. The van der Waals surface area contributed by atoms with Crippen LogP contribution in [0.5, 0.6) is 0 Å². The average molecular weight is 283 g/mol. The van der Waals surface area contributed by atoms with Crippen LogP contribution < -0.4 is 16.8 Å². The molecule has 2 rings (SSSR count). The van der Waals surface area contributed by atoms with E-state index >= 15 is 0 Å². The van der Waals surface area contributed by atoms with Crippen molar-refractivity contribution in [1.29, 1.82) is 0 Å². The molecule has 1 aliphatic rings. The summed E-state index contributed by atoms with van der Waals surface area (Å²) in [5.41, 5.74) is 12.9. The second-order valence-corrected chi connectivity index (χ2v) is 7.56. The Hall–Kier alpha value is -0.360. The van der Waals surface area contributed by atoms with Crippen molar-refractivity contribution in [1.82, 2.24) is 0 Å². The molecule has 1 heterocycles. The zero-order valence-electron chi connectivity index (χ0n) is 10.9. The molecular weight excluding hydrogens is 262 g/mol. The van der Waals surface area contributed by atoms with Crippen LogP contribution in [0.25, 0.3) is 0 Å². The monoisotopic (exact) mass is 283 g/mol. The van der Waals surface area contributed by atoms with Gasteiger partial charge in [-0.05, 0) is 26.0 Å². The number of thioether (sulfide) groups is 2. The zero-order chi connectivity index (χ0) is 13.2. The van der Waals surface area contributed by atoms with Crippen LogP contribution in [-0.2, 0) is 0 Å². The second-order valence-electron chi connectivity index (χ2n) is 5.11. The van der Waals surface area contributed by atoms with Gasteiger partial charge in [-0.15, -0.1) is 0 Å². The molecule has 3 nitrogen and oxygen atoms in total. The Balaban J connectivity index is 2.20. The van der Waals surface area contributed by atoms with Crippen molar-refractivity contribution in [2.45, 2.75) is 29.2 Å². The number of anilines is 1. The summed E-state index contributed by atoms with van der Waals surface area (Å²) in [6.45, 7) is 4.88. The van der Waals surface area contributed by atoms with Gasteiger partial charge in [-0.2, -0.15) is 11.8 Å². The Morgan fingerprint density at radius 3 is 2.72 bits per heavy atom. The van der Waals surface area contributed by atoms with Gasteiger partial charge < -0.3 is 16.8 Å². The number of fused-ring (bicyclic) bond motifs is 1. The third kappa shape index (κ3) is 2.64. The van der Waals surface area contributed by atoms with Crippen molar-refractivity contribution in [3.63, 3.8) is 0 Å². The van der Waals surface area contributed by atoms with Crippen LogP contribution in [-0.4, -0.2) is 28.5 Å². The lowest BCUT2D eigenvalue weighted by atomic mass is 9.96. The van der Waals surface area contributed by atoms with Crippen LogP contribution in [0.15, 0.2) is 29.2 Å². The predicted molar refractivity (Wildman–Crippen MR) is 83.3 cm³/mol. The lowest BCUT2D eigenvalue weighted by Gasteiger charge is -2.41. The van der Waals surface area contributed by atoms with E-state index in [-0.39, 0.29) is 10.4 Å². The molecule has 0 aromatic heterocycles. The molecule has 1 aromatic carbocycles. The van der Waals surface area contributed by atoms with Crippen molar-refractivity contribution in [2.75, 3.05) is 23.4 Å². The van der Waals surface area contributed by atoms with Gasteiger partial charge in [-0.25, -0.2) is 0 Å². The summed E-state index contributed by atoms with van der Waals surface area (Å²) in [4.78, 5) is 1.13. The van der Waals surface area contributed by atoms with Gasteiger partial charge in [0, 0.05) is 34.2 Å². The molecule has 5 heteroatoms. The molecular formula is C13H21N3S2. The maximum Gasteiger partial charge on any atom is 0.115 e. The molecule has 1 aromatic rings. The van der Waals surface area contributed by atoms with E-state index < -0.39 is 0 Å². The average Bonchev–Trinajstić information content (AvgIpc) is 2.68. The maximum atomic E-state index is 6.41. The summed E-state index contributed by atoms with van der Waals surface area (Å²) in [5.74, 6) is 1.92. The van der Waals surface area contributed by atoms with Gasteiger partial charge in [-0.3, -0.25) is 0 Å². The van der Waals surface area contributed by atoms with E-state index in [1.54, 1.807) is 0 Å². The maximum absolute atomic E-state index is 6.41. The van der Waals surface area contributed by atoms with Crippen molar-refractivity contribution in [2.24, 2.45) is 11.5 Å². The van der Waals surface area contributed by atoms with Gasteiger partial charge in [0.1, 0.15) is 4.87 Å². The van der Waals surface area contributed by atoms with E-state index in [4.69, 9.17) is 11.5 Å². The molecule has 0 bridgehead atoms. The third-order valence-electron chi connectivity index (χ3n) is 3.12. The summed E-state index contributed by atoms with van der Waals surface area (Å²) in [5, 5.41) is 3.62. The molecule has 0 amide bonds. The van der Waals surface area contributed by atoms with E-state index in [2.05, 4.69) is 43.4 Å². The molecule has 0 radical (unpaired) electrons. The fraction of sp³-hybridized carbons (Fsp3) is 0.538. The highest BCUT2D eigenvalue weighted by molar-refractivity contribution is 8.04. The number of hydrogen-bond donors (Lipinski definition) is 3. The van der Waals surface area contributed by atoms with E-state index in [1.807, 2.05) is 23.5 Å². The number of hydrogen-bond acceptors (Lipinski definition) is 5. The summed E-state index contributed by atoms with van der Waals surface area (Å²) in [7, 11) is 0. The Morgan fingerprint density at radius 1 is 1.39 bits per heavy atom. The highest BCUT2D eigenvalue weighted by atomic mass is 32.2. The van der Waals surface area contributed by atoms with Crippen LogP contribution in [0.3, 0.4) is 0 Å². The van der Waals surface area contributed by atoms with Crippen molar-refractivity contribution >= 4 is 29.2 Å². The fourth-order valence-electron chi connectivity index (χ4n) is 1.93. The number of rotatable bonds is 5. The number of para-hydroxylation sites is 1. The van der Waals surface area contributed by atoms with Gasteiger partial charge >= 0.3 is 0 Å². The summed E-state index contributed by atoms with van der Waals surface area (Å²) in [6, 6.07) is 8.39. The van der Waals surface area contributed by atoms with Crippen molar-refractivity contribution in [3.8, 4) is 0 Å². The molecule has 100 valence electrons. The van der Waals surface area contributed by atoms with E-state index in [0.717, 1.165) is 11.5 Å². The van der Waals surface area contributed by atoms with Crippen molar-refractivity contribution in [3.05, 3.63) is 24.3 Å². The van der Waals surface area contributed by atoms with Gasteiger partial charge in [0.25, 0.3) is 0 Å². The van der Waals surface area contributed by atoms with Gasteiger partial charge in [-0.1, -0.05) is 23.9 Å². The quantitative estimate of drug-likeness (QED) is 0.724. The van der Waals surface area contributed by atoms with Gasteiger partial charge in [0.15, 0.2) is 0 Å². The molecule has 5 N–H and O–H groups in total. The molecule has 0 saturated heterocycles. The molecule has 1 atom stereocenters. The normalized spacial score (nSPS) is 22.7. The van der Waals surface area contributed by atoms with Crippen LogP contribution in [0, 0.1) is 0 Å².